The first kappa shape index (κ1) is 17.0. The van der Waals surface area contributed by atoms with Gasteiger partial charge in [0.1, 0.15) is 0 Å². The molecule has 0 unspecified atom stereocenters. The predicted molar refractivity (Wildman–Crippen MR) is 84.8 cm³/mol. The van der Waals surface area contributed by atoms with Gasteiger partial charge in [-0.1, -0.05) is 19.4 Å². The summed E-state index contributed by atoms with van der Waals surface area (Å²) in [5.74, 6) is -0.611. The van der Waals surface area contributed by atoms with Crippen molar-refractivity contribution in [2.45, 2.75) is 26.7 Å². The van der Waals surface area contributed by atoms with Gasteiger partial charge >= 0.3 is 0 Å². The summed E-state index contributed by atoms with van der Waals surface area (Å²) in [5.41, 5.74) is 13.1. The van der Waals surface area contributed by atoms with E-state index < -0.39 is 5.91 Å². The highest BCUT2D eigenvalue weighted by Gasteiger charge is 2.13. The number of nitrogens with zero attached hydrogens (tertiary/aromatic N) is 1. The van der Waals surface area contributed by atoms with Crippen LogP contribution in [0.15, 0.2) is 18.2 Å². The van der Waals surface area contributed by atoms with Crippen LogP contribution < -0.4 is 16.8 Å². The van der Waals surface area contributed by atoms with Gasteiger partial charge in [-0.25, -0.2) is 0 Å². The van der Waals surface area contributed by atoms with E-state index in [0.29, 0.717) is 17.9 Å². The van der Waals surface area contributed by atoms with Crippen LogP contribution in [0.2, 0.25) is 0 Å². The Kier molecular flexibility index (Phi) is 6.68. The van der Waals surface area contributed by atoms with Crippen molar-refractivity contribution in [2.75, 3.05) is 30.7 Å². The van der Waals surface area contributed by atoms with Crippen LogP contribution >= 0.6 is 0 Å². The second-order valence-electron chi connectivity index (χ2n) is 5.15. The molecule has 0 radical (unpaired) electrons. The lowest BCUT2D eigenvalue weighted by Gasteiger charge is -2.20. The van der Waals surface area contributed by atoms with E-state index in [-0.39, 0.29) is 19.0 Å². The van der Waals surface area contributed by atoms with Crippen LogP contribution in [0, 0.1) is 6.92 Å². The van der Waals surface area contributed by atoms with Crippen molar-refractivity contribution < 1.29 is 9.59 Å². The molecule has 0 heterocycles. The Bertz CT molecular complexity index is 502. The van der Waals surface area contributed by atoms with Crippen LogP contribution in [0.4, 0.5) is 11.4 Å². The fourth-order valence-corrected chi connectivity index (χ4v) is 1.98. The Morgan fingerprint density at radius 3 is 2.62 bits per heavy atom. The van der Waals surface area contributed by atoms with Crippen molar-refractivity contribution in [3.63, 3.8) is 0 Å². The van der Waals surface area contributed by atoms with Crippen LogP contribution in [-0.4, -0.2) is 36.3 Å². The van der Waals surface area contributed by atoms with E-state index >= 15 is 0 Å². The largest absolute Gasteiger partial charge is 0.399 e. The van der Waals surface area contributed by atoms with Gasteiger partial charge in [0.15, 0.2) is 0 Å². The summed E-state index contributed by atoms with van der Waals surface area (Å²) in [6, 6.07) is 5.35. The molecule has 0 saturated carbocycles. The number of carbonyl (C=O) groups is 2. The summed E-state index contributed by atoms with van der Waals surface area (Å²) >= 11 is 0. The lowest BCUT2D eigenvalue weighted by Crippen LogP contribution is -2.39. The summed E-state index contributed by atoms with van der Waals surface area (Å²) < 4.78 is 0. The van der Waals surface area contributed by atoms with E-state index in [9.17, 15) is 9.59 Å². The molecule has 0 saturated heterocycles. The molecule has 0 fully saturated rings. The molecule has 0 aromatic heterocycles. The lowest BCUT2D eigenvalue weighted by molar-refractivity contribution is -0.121. The molecular formula is C15H24N4O2. The average Bonchev–Trinajstić information content (AvgIpc) is 2.39. The molecule has 0 aliphatic carbocycles. The summed E-state index contributed by atoms with van der Waals surface area (Å²) in [5, 5.41) is 2.82. The minimum atomic E-state index is -0.431. The van der Waals surface area contributed by atoms with Crippen molar-refractivity contribution >= 4 is 23.2 Å². The minimum absolute atomic E-state index is 0.0866. The molecule has 5 N–H and O–H groups in total. The number of primary amides is 1. The SMILES string of the molecule is CCCCN(CC(N)=O)CC(=O)Nc1cc(N)ccc1C. The summed E-state index contributed by atoms with van der Waals surface area (Å²) in [4.78, 5) is 24.9. The van der Waals surface area contributed by atoms with Gasteiger partial charge in [0, 0.05) is 11.4 Å². The molecule has 1 rings (SSSR count). The van der Waals surface area contributed by atoms with Crippen LogP contribution in [0.5, 0.6) is 0 Å². The Morgan fingerprint density at radius 2 is 2.00 bits per heavy atom. The Balaban J connectivity index is 2.64. The summed E-state index contributed by atoms with van der Waals surface area (Å²) in [6.07, 6.45) is 1.91. The smallest absolute Gasteiger partial charge is 0.238 e. The highest BCUT2D eigenvalue weighted by Crippen LogP contribution is 2.17. The number of nitrogen functional groups attached to an aromatic ring is 1. The van der Waals surface area contributed by atoms with Crippen molar-refractivity contribution in [2.24, 2.45) is 5.73 Å². The third-order valence-electron chi connectivity index (χ3n) is 3.11. The maximum absolute atomic E-state index is 12.1. The van der Waals surface area contributed by atoms with Crippen LogP contribution in [-0.2, 0) is 9.59 Å². The average molecular weight is 292 g/mol. The Labute approximate surface area is 125 Å². The van der Waals surface area contributed by atoms with Crippen molar-refractivity contribution in [3.05, 3.63) is 23.8 Å². The topological polar surface area (TPSA) is 101 Å². The van der Waals surface area contributed by atoms with Gasteiger partial charge in [-0.15, -0.1) is 0 Å². The number of aryl methyl sites for hydroxylation is 1. The number of hydrogen-bond acceptors (Lipinski definition) is 4. The number of amides is 2. The normalized spacial score (nSPS) is 10.6. The highest BCUT2D eigenvalue weighted by molar-refractivity contribution is 5.93. The van der Waals surface area contributed by atoms with Crippen molar-refractivity contribution in [1.82, 2.24) is 4.90 Å². The zero-order valence-corrected chi connectivity index (χ0v) is 12.7. The summed E-state index contributed by atoms with van der Waals surface area (Å²) in [7, 11) is 0. The van der Waals surface area contributed by atoms with Gasteiger partial charge in [-0.3, -0.25) is 14.5 Å². The molecular weight excluding hydrogens is 268 g/mol. The summed E-state index contributed by atoms with van der Waals surface area (Å²) in [6.45, 7) is 4.84. The first-order valence-corrected chi connectivity index (χ1v) is 7.09. The molecule has 0 spiro atoms. The van der Waals surface area contributed by atoms with Crippen LogP contribution in [0.3, 0.4) is 0 Å². The number of unbranched alkanes of at least 4 members (excludes halogenated alkanes) is 1. The number of rotatable bonds is 8. The van der Waals surface area contributed by atoms with Gasteiger partial charge in [0.05, 0.1) is 13.1 Å². The van der Waals surface area contributed by atoms with Gasteiger partial charge in [-0.05, 0) is 37.6 Å². The maximum atomic E-state index is 12.1. The molecule has 0 aliphatic heterocycles. The van der Waals surface area contributed by atoms with Gasteiger partial charge in [0.25, 0.3) is 0 Å². The van der Waals surface area contributed by atoms with Gasteiger partial charge in [-0.2, -0.15) is 0 Å². The third-order valence-corrected chi connectivity index (χ3v) is 3.11. The number of hydrogen-bond donors (Lipinski definition) is 3. The Morgan fingerprint density at radius 1 is 1.29 bits per heavy atom. The molecule has 1 aromatic rings. The number of nitrogens with two attached hydrogens (primary N) is 2. The monoisotopic (exact) mass is 292 g/mol. The molecule has 1 aromatic carbocycles. The maximum Gasteiger partial charge on any atom is 0.238 e. The Hall–Kier alpha value is -2.08. The van der Waals surface area contributed by atoms with Crippen LogP contribution in [0.1, 0.15) is 25.3 Å². The second kappa shape index (κ2) is 8.26. The fourth-order valence-electron chi connectivity index (χ4n) is 1.98. The third kappa shape index (κ3) is 6.27. The van der Waals surface area contributed by atoms with Crippen molar-refractivity contribution in [1.29, 1.82) is 0 Å². The van der Waals surface area contributed by atoms with E-state index in [4.69, 9.17) is 11.5 Å². The predicted octanol–water partition coefficient (Wildman–Crippen LogP) is 1.10. The van der Waals surface area contributed by atoms with Gasteiger partial charge in [0.2, 0.25) is 11.8 Å². The molecule has 0 aliphatic rings. The van der Waals surface area contributed by atoms with E-state index in [1.54, 1.807) is 17.0 Å². The molecule has 116 valence electrons. The first-order valence-electron chi connectivity index (χ1n) is 7.09. The number of anilines is 2. The molecule has 0 bridgehead atoms. The molecule has 21 heavy (non-hydrogen) atoms. The van der Waals surface area contributed by atoms with Gasteiger partial charge < -0.3 is 16.8 Å². The standard InChI is InChI=1S/C15H24N4O2/c1-3-4-7-19(9-14(17)20)10-15(21)18-13-8-12(16)6-5-11(13)2/h5-6,8H,3-4,7,9-10,16H2,1-2H3,(H2,17,20)(H,18,21). The molecule has 6 heteroatoms. The quantitative estimate of drug-likeness (QED) is 0.624. The zero-order chi connectivity index (χ0) is 15.8. The van der Waals surface area contributed by atoms with Crippen molar-refractivity contribution in [3.8, 4) is 0 Å². The molecule has 6 nitrogen and oxygen atoms in total. The molecule has 2 amide bonds. The van der Waals surface area contributed by atoms with E-state index in [0.717, 1.165) is 18.4 Å². The van der Waals surface area contributed by atoms with E-state index in [2.05, 4.69) is 12.2 Å². The zero-order valence-electron chi connectivity index (χ0n) is 12.7. The highest BCUT2D eigenvalue weighted by atomic mass is 16.2. The number of benzene rings is 1. The van der Waals surface area contributed by atoms with E-state index in [1.807, 2.05) is 13.0 Å². The number of nitrogens with one attached hydrogen (secondary N) is 1. The minimum Gasteiger partial charge on any atom is -0.399 e. The number of carbonyl (C=O) groups excluding carboxylic acids is 2. The second-order valence-corrected chi connectivity index (χ2v) is 5.15. The first-order chi connectivity index (χ1) is 9.92. The molecule has 0 atom stereocenters. The van der Waals surface area contributed by atoms with E-state index in [1.165, 1.54) is 0 Å². The lowest BCUT2D eigenvalue weighted by atomic mass is 10.2. The van der Waals surface area contributed by atoms with Crippen LogP contribution in [0.25, 0.3) is 0 Å². The fraction of sp³-hybridized carbons (Fsp3) is 0.467.